The second-order valence-electron chi connectivity index (χ2n) is 5.61. The molecule has 2 heterocycles. The molecule has 0 aliphatic heterocycles. The predicted octanol–water partition coefficient (Wildman–Crippen LogP) is 3.87. The standard InChI is InChI=1S/C18H16Cl2N2O2S/c19-13-5-6-17(16(20)9-13)21-18(23)12-22(10-14-3-1-7-24-14)11-15-4-2-8-25-15/h1-9H,10-12H2,(H,21,23)/p+1. The SMILES string of the molecule is O=C(C[NH+](Cc1ccco1)Cc1cccs1)Nc1ccc(Cl)cc1Cl. The molecule has 2 N–H and O–H groups in total. The number of hydrogen-bond donors (Lipinski definition) is 2. The summed E-state index contributed by atoms with van der Waals surface area (Å²) in [6.45, 7) is 1.68. The summed E-state index contributed by atoms with van der Waals surface area (Å²) < 4.78 is 5.43. The van der Waals surface area contributed by atoms with Gasteiger partial charge in [0.1, 0.15) is 13.1 Å². The van der Waals surface area contributed by atoms with E-state index in [0.29, 0.717) is 28.8 Å². The number of carbonyl (C=O) groups is 1. The fourth-order valence-corrected chi connectivity index (χ4v) is 3.75. The molecule has 1 amide bonds. The molecule has 0 bridgehead atoms. The zero-order chi connectivity index (χ0) is 17.6. The van der Waals surface area contributed by atoms with Crippen LogP contribution in [0.3, 0.4) is 0 Å². The molecule has 0 fully saturated rings. The van der Waals surface area contributed by atoms with Gasteiger partial charge in [-0.15, -0.1) is 11.3 Å². The number of benzene rings is 1. The maximum absolute atomic E-state index is 12.5. The first kappa shape index (κ1) is 18.0. The van der Waals surface area contributed by atoms with E-state index in [0.717, 1.165) is 17.2 Å². The number of thiophene rings is 1. The first-order valence-electron chi connectivity index (χ1n) is 7.73. The lowest BCUT2D eigenvalue weighted by Gasteiger charge is -2.17. The molecule has 25 heavy (non-hydrogen) atoms. The molecule has 0 saturated carbocycles. The largest absolute Gasteiger partial charge is 0.463 e. The van der Waals surface area contributed by atoms with Crippen LogP contribution >= 0.6 is 34.5 Å². The van der Waals surface area contributed by atoms with E-state index in [1.165, 1.54) is 4.88 Å². The first-order valence-corrected chi connectivity index (χ1v) is 9.37. The Morgan fingerprint density at radius 3 is 2.72 bits per heavy atom. The van der Waals surface area contributed by atoms with Gasteiger partial charge in [0.05, 0.1) is 21.9 Å². The van der Waals surface area contributed by atoms with Gasteiger partial charge in [-0.1, -0.05) is 29.3 Å². The van der Waals surface area contributed by atoms with Gasteiger partial charge in [-0.05, 0) is 41.8 Å². The molecule has 0 aliphatic carbocycles. The van der Waals surface area contributed by atoms with Crippen LogP contribution in [0.1, 0.15) is 10.6 Å². The third-order valence-corrected chi connectivity index (χ3v) is 5.05. The summed E-state index contributed by atoms with van der Waals surface area (Å²) in [5.41, 5.74) is 0.560. The van der Waals surface area contributed by atoms with Crippen molar-refractivity contribution in [2.24, 2.45) is 0 Å². The van der Waals surface area contributed by atoms with Crippen molar-refractivity contribution < 1.29 is 14.1 Å². The van der Waals surface area contributed by atoms with Crippen LogP contribution in [-0.2, 0) is 17.9 Å². The molecule has 0 saturated heterocycles. The van der Waals surface area contributed by atoms with E-state index in [2.05, 4.69) is 11.4 Å². The molecule has 7 heteroatoms. The summed E-state index contributed by atoms with van der Waals surface area (Å²) >= 11 is 13.7. The normalized spacial score (nSPS) is 12.1. The van der Waals surface area contributed by atoms with Gasteiger partial charge in [0.25, 0.3) is 5.91 Å². The smallest absolute Gasteiger partial charge is 0.279 e. The summed E-state index contributed by atoms with van der Waals surface area (Å²) in [7, 11) is 0. The molecular formula is C18H17Cl2N2O2S+. The van der Waals surface area contributed by atoms with E-state index in [9.17, 15) is 4.79 Å². The minimum absolute atomic E-state index is 0.109. The number of furan rings is 1. The fourth-order valence-electron chi connectivity index (χ4n) is 2.52. The zero-order valence-electron chi connectivity index (χ0n) is 13.3. The fraction of sp³-hybridized carbons (Fsp3) is 0.167. The third kappa shape index (κ3) is 5.34. The molecule has 1 aromatic carbocycles. The molecule has 2 aromatic heterocycles. The highest BCUT2D eigenvalue weighted by molar-refractivity contribution is 7.09. The second kappa shape index (κ2) is 8.54. The van der Waals surface area contributed by atoms with Crippen molar-refractivity contribution in [2.45, 2.75) is 13.1 Å². The van der Waals surface area contributed by atoms with Gasteiger partial charge in [0, 0.05) is 5.02 Å². The van der Waals surface area contributed by atoms with Crippen molar-refractivity contribution >= 4 is 46.1 Å². The molecule has 0 radical (unpaired) electrons. The Hall–Kier alpha value is -1.79. The molecule has 1 atom stereocenters. The van der Waals surface area contributed by atoms with Crippen molar-refractivity contribution in [3.8, 4) is 0 Å². The number of carbonyl (C=O) groups excluding carboxylic acids is 1. The number of nitrogens with one attached hydrogen (secondary N) is 2. The third-order valence-electron chi connectivity index (χ3n) is 3.62. The van der Waals surface area contributed by atoms with E-state index in [1.807, 2.05) is 23.6 Å². The highest BCUT2D eigenvalue weighted by Gasteiger charge is 2.18. The Labute approximate surface area is 160 Å². The number of rotatable bonds is 7. The predicted molar refractivity (Wildman–Crippen MR) is 101 cm³/mol. The molecule has 1 unspecified atom stereocenters. The van der Waals surface area contributed by atoms with Crippen LogP contribution in [0.2, 0.25) is 10.0 Å². The molecule has 130 valence electrons. The number of anilines is 1. The summed E-state index contributed by atoms with van der Waals surface area (Å²) in [6, 6.07) is 12.9. The monoisotopic (exact) mass is 395 g/mol. The summed E-state index contributed by atoms with van der Waals surface area (Å²) in [4.78, 5) is 14.8. The number of halogens is 2. The average Bonchev–Trinajstić information content (AvgIpc) is 3.24. The first-order chi connectivity index (χ1) is 12.1. The van der Waals surface area contributed by atoms with Crippen molar-refractivity contribution in [3.05, 3.63) is 74.8 Å². The summed E-state index contributed by atoms with van der Waals surface area (Å²) in [5.74, 6) is 0.742. The average molecular weight is 396 g/mol. The Balaban J connectivity index is 1.66. The molecule has 0 spiro atoms. The Morgan fingerprint density at radius 2 is 2.04 bits per heavy atom. The minimum Gasteiger partial charge on any atom is -0.463 e. The Morgan fingerprint density at radius 1 is 1.16 bits per heavy atom. The van der Waals surface area contributed by atoms with E-state index < -0.39 is 0 Å². The van der Waals surface area contributed by atoms with Gasteiger partial charge in [-0.3, -0.25) is 4.79 Å². The summed E-state index contributed by atoms with van der Waals surface area (Å²) in [6.07, 6.45) is 1.64. The van der Waals surface area contributed by atoms with E-state index in [4.69, 9.17) is 27.6 Å². The van der Waals surface area contributed by atoms with Gasteiger partial charge in [0.2, 0.25) is 0 Å². The van der Waals surface area contributed by atoms with Gasteiger partial charge in [-0.2, -0.15) is 0 Å². The summed E-state index contributed by atoms with van der Waals surface area (Å²) in [5, 5.41) is 5.84. The van der Waals surface area contributed by atoms with Crippen LogP contribution in [0.15, 0.2) is 58.5 Å². The number of hydrogen-bond acceptors (Lipinski definition) is 3. The van der Waals surface area contributed by atoms with Crippen LogP contribution in [0.25, 0.3) is 0 Å². The maximum atomic E-state index is 12.5. The van der Waals surface area contributed by atoms with Gasteiger partial charge in [-0.25, -0.2) is 0 Å². The van der Waals surface area contributed by atoms with E-state index in [1.54, 1.807) is 35.8 Å². The van der Waals surface area contributed by atoms with Crippen LogP contribution in [0.4, 0.5) is 5.69 Å². The highest BCUT2D eigenvalue weighted by Crippen LogP contribution is 2.25. The lowest BCUT2D eigenvalue weighted by molar-refractivity contribution is -0.920. The van der Waals surface area contributed by atoms with Crippen molar-refractivity contribution in [2.75, 3.05) is 11.9 Å². The van der Waals surface area contributed by atoms with Crippen molar-refractivity contribution in [3.63, 3.8) is 0 Å². The van der Waals surface area contributed by atoms with Gasteiger partial charge in [0.15, 0.2) is 12.3 Å². The van der Waals surface area contributed by atoms with Crippen LogP contribution in [0, 0.1) is 0 Å². The Bertz CT molecular complexity index is 783. The van der Waals surface area contributed by atoms with E-state index in [-0.39, 0.29) is 5.91 Å². The van der Waals surface area contributed by atoms with Crippen molar-refractivity contribution in [1.29, 1.82) is 0 Å². The molecule has 0 aliphatic rings. The lowest BCUT2D eigenvalue weighted by atomic mass is 10.3. The lowest BCUT2D eigenvalue weighted by Crippen LogP contribution is -3.10. The number of amides is 1. The second-order valence-corrected chi connectivity index (χ2v) is 7.49. The highest BCUT2D eigenvalue weighted by atomic mass is 35.5. The topological polar surface area (TPSA) is 46.7 Å². The zero-order valence-corrected chi connectivity index (χ0v) is 15.6. The molecule has 3 rings (SSSR count). The quantitative estimate of drug-likeness (QED) is 0.637. The van der Waals surface area contributed by atoms with Crippen LogP contribution in [-0.4, -0.2) is 12.5 Å². The van der Waals surface area contributed by atoms with Gasteiger partial charge < -0.3 is 14.6 Å². The van der Waals surface area contributed by atoms with Crippen LogP contribution < -0.4 is 10.2 Å². The van der Waals surface area contributed by atoms with Crippen LogP contribution in [0.5, 0.6) is 0 Å². The number of quaternary nitrogens is 1. The Kier molecular flexibility index (Phi) is 6.15. The van der Waals surface area contributed by atoms with Gasteiger partial charge >= 0.3 is 0 Å². The minimum atomic E-state index is -0.109. The van der Waals surface area contributed by atoms with Crippen molar-refractivity contribution in [1.82, 2.24) is 0 Å². The molecular weight excluding hydrogens is 379 g/mol. The van der Waals surface area contributed by atoms with E-state index >= 15 is 0 Å². The maximum Gasteiger partial charge on any atom is 0.279 e. The molecule has 4 nitrogen and oxygen atoms in total. The molecule has 3 aromatic rings.